The smallest absolute Gasteiger partial charge is 0.326 e. The van der Waals surface area contributed by atoms with Crippen molar-refractivity contribution < 1.29 is 4.74 Å². The summed E-state index contributed by atoms with van der Waals surface area (Å²) in [5.41, 5.74) is 3.24. The number of rotatable bonds is 3. The molecule has 22 heavy (non-hydrogen) atoms. The van der Waals surface area contributed by atoms with Gasteiger partial charge in [0.25, 0.3) is 0 Å². The maximum atomic E-state index is 12.1. The van der Waals surface area contributed by atoms with Gasteiger partial charge < -0.3 is 15.0 Å². The van der Waals surface area contributed by atoms with E-state index >= 15 is 0 Å². The van der Waals surface area contributed by atoms with Crippen LogP contribution in [0.1, 0.15) is 44.6 Å². The number of nitrogens with one attached hydrogen (secondary N) is 2. The van der Waals surface area contributed by atoms with E-state index in [1.807, 2.05) is 10.6 Å². The lowest BCUT2D eigenvalue weighted by Gasteiger charge is -2.37. The van der Waals surface area contributed by atoms with Crippen LogP contribution in [0.4, 0.5) is 5.69 Å². The molecule has 2 N–H and O–H groups in total. The maximum Gasteiger partial charge on any atom is 0.326 e. The van der Waals surface area contributed by atoms with E-state index in [-0.39, 0.29) is 11.3 Å². The molecule has 3 aliphatic rings. The van der Waals surface area contributed by atoms with Crippen molar-refractivity contribution in [3.05, 3.63) is 28.7 Å². The summed E-state index contributed by atoms with van der Waals surface area (Å²) in [5.74, 6) is 0. The van der Waals surface area contributed by atoms with Gasteiger partial charge in [-0.2, -0.15) is 0 Å². The Morgan fingerprint density at radius 2 is 2.18 bits per heavy atom. The fourth-order valence-electron chi connectivity index (χ4n) is 4.00. The zero-order valence-corrected chi connectivity index (χ0v) is 12.6. The first kappa shape index (κ1) is 12.8. The molecule has 1 saturated heterocycles. The third-order valence-electron chi connectivity index (χ3n) is 5.47. The molecule has 1 aliphatic heterocycles. The van der Waals surface area contributed by atoms with Gasteiger partial charge in [-0.3, -0.25) is 4.57 Å². The molecule has 2 saturated carbocycles. The van der Waals surface area contributed by atoms with E-state index in [4.69, 9.17) is 4.74 Å². The highest BCUT2D eigenvalue weighted by Crippen LogP contribution is 2.44. The van der Waals surface area contributed by atoms with Crippen LogP contribution in [0.3, 0.4) is 0 Å². The number of anilines is 1. The van der Waals surface area contributed by atoms with Gasteiger partial charge in [0.2, 0.25) is 0 Å². The van der Waals surface area contributed by atoms with E-state index in [1.54, 1.807) is 0 Å². The first-order chi connectivity index (χ1) is 10.7. The van der Waals surface area contributed by atoms with E-state index < -0.39 is 0 Å². The molecule has 5 nitrogen and oxygen atoms in total. The van der Waals surface area contributed by atoms with Crippen LogP contribution in [0.25, 0.3) is 11.0 Å². The van der Waals surface area contributed by atoms with Crippen molar-refractivity contribution in [3.8, 4) is 0 Å². The number of ether oxygens (including phenoxy) is 1. The summed E-state index contributed by atoms with van der Waals surface area (Å²) in [6, 6.07) is 6.95. The minimum absolute atomic E-state index is 0.0206. The minimum atomic E-state index is 0.0206. The van der Waals surface area contributed by atoms with Crippen LogP contribution in [-0.4, -0.2) is 27.8 Å². The van der Waals surface area contributed by atoms with Gasteiger partial charge in [-0.25, -0.2) is 4.79 Å². The van der Waals surface area contributed by atoms with Gasteiger partial charge >= 0.3 is 5.69 Å². The molecule has 0 radical (unpaired) electrons. The molecule has 0 amide bonds. The largest absolute Gasteiger partial charge is 0.380 e. The molecule has 3 fully saturated rings. The summed E-state index contributed by atoms with van der Waals surface area (Å²) < 4.78 is 7.92. The quantitative estimate of drug-likeness (QED) is 0.916. The molecule has 5 heteroatoms. The Kier molecular flexibility index (Phi) is 2.54. The van der Waals surface area contributed by atoms with Gasteiger partial charge in [-0.1, -0.05) is 0 Å². The molecule has 1 atom stereocenters. The van der Waals surface area contributed by atoms with Gasteiger partial charge in [0.1, 0.15) is 0 Å². The SMILES string of the molecule is O=c1[nH]c2ccc(NC3COC4(CCC4)C3)cc2n1C1CC1. The number of nitrogens with zero attached hydrogens (tertiary/aromatic N) is 1. The first-order valence-electron chi connectivity index (χ1n) is 8.37. The molecule has 1 aromatic heterocycles. The van der Waals surface area contributed by atoms with Crippen molar-refractivity contribution >= 4 is 16.7 Å². The summed E-state index contributed by atoms with van der Waals surface area (Å²) in [7, 11) is 0. The van der Waals surface area contributed by atoms with Gasteiger partial charge in [0.15, 0.2) is 0 Å². The van der Waals surface area contributed by atoms with Crippen LogP contribution in [0.5, 0.6) is 0 Å². The topological polar surface area (TPSA) is 59.1 Å². The van der Waals surface area contributed by atoms with Crippen LogP contribution < -0.4 is 11.0 Å². The predicted molar refractivity (Wildman–Crippen MR) is 85.4 cm³/mol. The fourth-order valence-corrected chi connectivity index (χ4v) is 4.00. The summed E-state index contributed by atoms with van der Waals surface area (Å²) in [5, 5.41) is 3.60. The molecule has 1 spiro atoms. The molecule has 1 aromatic carbocycles. The fraction of sp³-hybridized carbons (Fsp3) is 0.588. The van der Waals surface area contributed by atoms with E-state index in [9.17, 15) is 4.79 Å². The number of aromatic nitrogens is 2. The standard InChI is InChI=1S/C17H21N3O2/c21-16-19-14-5-2-11(8-15(14)20(16)13-3-4-13)18-12-9-17(22-10-12)6-1-7-17/h2,5,8,12-13,18H,1,3-4,6-7,9-10H2,(H,19,21). The number of fused-ring (bicyclic) bond motifs is 1. The molecule has 2 aliphatic carbocycles. The number of aromatic amines is 1. The van der Waals surface area contributed by atoms with Gasteiger partial charge in [0, 0.05) is 11.7 Å². The second-order valence-corrected chi connectivity index (χ2v) is 7.16. The lowest BCUT2D eigenvalue weighted by Crippen LogP contribution is -2.36. The highest BCUT2D eigenvalue weighted by Gasteiger charge is 2.44. The highest BCUT2D eigenvalue weighted by molar-refractivity contribution is 5.80. The van der Waals surface area contributed by atoms with Crippen LogP contribution in [0.15, 0.2) is 23.0 Å². The number of imidazole rings is 1. The van der Waals surface area contributed by atoms with Crippen LogP contribution >= 0.6 is 0 Å². The van der Waals surface area contributed by atoms with E-state index in [1.165, 1.54) is 19.3 Å². The Labute approximate surface area is 128 Å². The molecule has 2 heterocycles. The number of hydrogen-bond acceptors (Lipinski definition) is 3. The predicted octanol–water partition coefficient (Wildman–Crippen LogP) is 2.79. The Morgan fingerprint density at radius 3 is 2.86 bits per heavy atom. The van der Waals surface area contributed by atoms with Crippen molar-refractivity contribution in [2.75, 3.05) is 11.9 Å². The summed E-state index contributed by atoms with van der Waals surface area (Å²) in [4.78, 5) is 15.0. The molecule has 0 bridgehead atoms. The van der Waals surface area contributed by atoms with Crippen molar-refractivity contribution in [2.24, 2.45) is 0 Å². The highest BCUT2D eigenvalue weighted by atomic mass is 16.5. The van der Waals surface area contributed by atoms with Crippen LogP contribution in [0.2, 0.25) is 0 Å². The Hall–Kier alpha value is -1.75. The Balaban J connectivity index is 1.43. The van der Waals surface area contributed by atoms with Crippen molar-refractivity contribution in [1.29, 1.82) is 0 Å². The number of benzene rings is 1. The van der Waals surface area contributed by atoms with Crippen molar-refractivity contribution in [3.63, 3.8) is 0 Å². The third-order valence-corrected chi connectivity index (χ3v) is 5.47. The van der Waals surface area contributed by atoms with Crippen LogP contribution in [0, 0.1) is 0 Å². The first-order valence-corrected chi connectivity index (χ1v) is 8.37. The number of H-pyrrole nitrogens is 1. The zero-order chi connectivity index (χ0) is 14.7. The zero-order valence-electron chi connectivity index (χ0n) is 12.6. The molecule has 5 rings (SSSR count). The minimum Gasteiger partial charge on any atom is -0.380 e. The average molecular weight is 299 g/mol. The lowest BCUT2D eigenvalue weighted by molar-refractivity contribution is -0.0562. The Bertz CT molecular complexity index is 783. The molecular weight excluding hydrogens is 278 g/mol. The summed E-state index contributed by atoms with van der Waals surface area (Å²) in [6.45, 7) is 0.792. The van der Waals surface area contributed by atoms with Gasteiger partial charge in [-0.15, -0.1) is 0 Å². The van der Waals surface area contributed by atoms with Gasteiger partial charge in [-0.05, 0) is 56.7 Å². The molecule has 1 unspecified atom stereocenters. The second kappa shape index (κ2) is 4.38. The van der Waals surface area contributed by atoms with Crippen molar-refractivity contribution in [1.82, 2.24) is 9.55 Å². The monoisotopic (exact) mass is 299 g/mol. The number of hydrogen-bond donors (Lipinski definition) is 2. The van der Waals surface area contributed by atoms with Crippen molar-refractivity contribution in [2.45, 2.75) is 56.2 Å². The van der Waals surface area contributed by atoms with E-state index in [2.05, 4.69) is 22.4 Å². The van der Waals surface area contributed by atoms with E-state index in [0.717, 1.165) is 42.6 Å². The normalized spacial score (nSPS) is 26.5. The molecular formula is C17H21N3O2. The third kappa shape index (κ3) is 1.92. The van der Waals surface area contributed by atoms with E-state index in [0.29, 0.717) is 12.1 Å². The summed E-state index contributed by atoms with van der Waals surface area (Å²) in [6.07, 6.45) is 7.06. The molecule has 2 aromatic rings. The van der Waals surface area contributed by atoms with Gasteiger partial charge in [0.05, 0.1) is 29.3 Å². The lowest BCUT2D eigenvalue weighted by atomic mass is 9.77. The maximum absolute atomic E-state index is 12.1. The molecule has 116 valence electrons. The average Bonchev–Trinajstić information content (AvgIpc) is 3.10. The summed E-state index contributed by atoms with van der Waals surface area (Å²) >= 11 is 0. The van der Waals surface area contributed by atoms with Crippen LogP contribution in [-0.2, 0) is 4.74 Å². The second-order valence-electron chi connectivity index (χ2n) is 7.16. The Morgan fingerprint density at radius 1 is 1.32 bits per heavy atom.